The van der Waals surface area contributed by atoms with Gasteiger partial charge in [0.25, 0.3) is 0 Å². The minimum Gasteiger partial charge on any atom is -0.483 e. The zero-order chi connectivity index (χ0) is 25.2. The van der Waals surface area contributed by atoms with E-state index in [1.165, 1.54) is 43.5 Å². The number of halogens is 1. The highest BCUT2D eigenvalue weighted by Crippen LogP contribution is 2.52. The number of nitrogens with one attached hydrogen (secondary N) is 1. The molecular weight excluding hydrogens is 475 g/mol. The topological polar surface area (TPSA) is 69.0 Å². The third-order valence-electron chi connectivity index (χ3n) is 7.59. The fraction of sp³-hybridized carbons (Fsp3) is 0.464. The van der Waals surface area contributed by atoms with Gasteiger partial charge in [-0.2, -0.15) is 0 Å². The fourth-order valence-corrected chi connectivity index (χ4v) is 6.91. The lowest BCUT2D eigenvalue weighted by atomic mass is 9.84. The molecule has 5 rings (SSSR count). The van der Waals surface area contributed by atoms with Crippen LogP contribution in [-0.2, 0) is 11.4 Å². The van der Waals surface area contributed by atoms with Crippen LogP contribution < -0.4 is 10.1 Å². The summed E-state index contributed by atoms with van der Waals surface area (Å²) in [6.45, 7) is 6.37. The minimum atomic E-state index is -0.401. The summed E-state index contributed by atoms with van der Waals surface area (Å²) in [5, 5.41) is 12.5. The highest BCUT2D eigenvalue weighted by Gasteiger charge is 2.43. The van der Waals surface area contributed by atoms with Gasteiger partial charge in [0.1, 0.15) is 6.61 Å². The van der Waals surface area contributed by atoms with Crippen LogP contribution in [0.3, 0.4) is 0 Å². The Morgan fingerprint density at radius 1 is 1.17 bits per heavy atom. The van der Waals surface area contributed by atoms with Crippen LogP contribution in [0.25, 0.3) is 0 Å². The second kappa shape index (κ2) is 10.6. The number of thioether (sulfide) groups is 1. The molecule has 2 aromatic carbocycles. The molecule has 0 aliphatic heterocycles. The molecule has 2 aliphatic rings. The summed E-state index contributed by atoms with van der Waals surface area (Å²) in [5.74, 6) is 2.68. The number of carbonyl (C=O) groups excluding carboxylic acids is 1. The van der Waals surface area contributed by atoms with Crippen LogP contribution in [0.5, 0.6) is 5.75 Å². The van der Waals surface area contributed by atoms with Gasteiger partial charge in [0.2, 0.25) is 5.91 Å². The molecule has 1 heterocycles. The van der Waals surface area contributed by atoms with Crippen LogP contribution in [0.1, 0.15) is 55.6 Å². The van der Waals surface area contributed by atoms with Gasteiger partial charge in [-0.05, 0) is 93.2 Å². The van der Waals surface area contributed by atoms with Gasteiger partial charge in [0.15, 0.2) is 22.5 Å². The Labute approximate surface area is 216 Å². The van der Waals surface area contributed by atoms with E-state index >= 15 is 0 Å². The number of anilines is 1. The van der Waals surface area contributed by atoms with Crippen molar-refractivity contribution in [3.05, 3.63) is 65.2 Å². The number of aromatic nitrogens is 3. The molecule has 2 bridgehead atoms. The van der Waals surface area contributed by atoms with Gasteiger partial charge in [0, 0.05) is 11.7 Å². The Morgan fingerprint density at radius 3 is 2.64 bits per heavy atom. The van der Waals surface area contributed by atoms with Gasteiger partial charge in [-0.1, -0.05) is 36.4 Å². The number of nitrogens with zero attached hydrogens (tertiary/aromatic N) is 3. The quantitative estimate of drug-likeness (QED) is 0.342. The van der Waals surface area contributed by atoms with Crippen LogP contribution in [0.4, 0.5) is 10.1 Å². The van der Waals surface area contributed by atoms with Crippen molar-refractivity contribution in [1.29, 1.82) is 0 Å². The van der Waals surface area contributed by atoms with Crippen molar-refractivity contribution in [2.24, 2.45) is 17.8 Å². The standard InChI is InChI=1S/C28H33FN4O2S/c1-17-10-18(2)12-22(11-17)30-27(34)16-36-28-32-31-26(15-35-25-7-5-4-6-24(25)29)33(28)19(3)23-14-20-8-9-21(23)13-20/h4-7,10-12,19-21,23H,8-9,13-16H2,1-3H3,(H,30,34)/t19-,20-,21-,23-/m1/s1. The smallest absolute Gasteiger partial charge is 0.234 e. The molecule has 1 amide bonds. The first kappa shape index (κ1) is 24.8. The van der Waals surface area contributed by atoms with Crippen LogP contribution in [-0.4, -0.2) is 26.4 Å². The van der Waals surface area contributed by atoms with Gasteiger partial charge in [0.05, 0.1) is 5.75 Å². The van der Waals surface area contributed by atoms with Gasteiger partial charge in [-0.15, -0.1) is 10.2 Å². The van der Waals surface area contributed by atoms with E-state index in [1.54, 1.807) is 18.2 Å². The van der Waals surface area contributed by atoms with E-state index < -0.39 is 5.82 Å². The molecule has 3 aromatic rings. The lowest BCUT2D eigenvalue weighted by molar-refractivity contribution is -0.113. The largest absolute Gasteiger partial charge is 0.483 e. The maximum atomic E-state index is 14.1. The summed E-state index contributed by atoms with van der Waals surface area (Å²) in [7, 11) is 0. The van der Waals surface area contributed by atoms with Gasteiger partial charge >= 0.3 is 0 Å². The molecule has 0 radical (unpaired) electrons. The lowest BCUT2D eigenvalue weighted by Crippen LogP contribution is -2.25. The number of ether oxygens (including phenoxy) is 1. The van der Waals surface area contributed by atoms with E-state index in [4.69, 9.17) is 4.74 Å². The number of hydrogen-bond donors (Lipinski definition) is 1. The molecule has 6 nitrogen and oxygen atoms in total. The number of para-hydroxylation sites is 1. The highest BCUT2D eigenvalue weighted by molar-refractivity contribution is 7.99. The molecule has 1 aromatic heterocycles. The van der Waals surface area contributed by atoms with Gasteiger partial charge in [-0.3, -0.25) is 9.36 Å². The van der Waals surface area contributed by atoms with Crippen molar-refractivity contribution in [3.63, 3.8) is 0 Å². The number of carbonyl (C=O) groups is 1. The first-order valence-electron chi connectivity index (χ1n) is 12.7. The molecule has 1 N–H and O–H groups in total. The summed E-state index contributed by atoms with van der Waals surface area (Å²) >= 11 is 1.38. The molecule has 2 fully saturated rings. The first-order valence-corrected chi connectivity index (χ1v) is 13.7. The van der Waals surface area contributed by atoms with Crippen molar-refractivity contribution >= 4 is 23.4 Å². The van der Waals surface area contributed by atoms with E-state index in [2.05, 4.69) is 33.1 Å². The number of hydrogen-bond acceptors (Lipinski definition) is 5. The summed E-state index contributed by atoms with van der Waals surface area (Å²) in [5.41, 5.74) is 3.02. The molecule has 4 atom stereocenters. The molecule has 0 spiro atoms. The Kier molecular flexibility index (Phi) is 7.32. The summed E-state index contributed by atoms with van der Waals surface area (Å²) < 4.78 is 22.0. The average molecular weight is 509 g/mol. The number of rotatable bonds is 9. The Morgan fingerprint density at radius 2 is 1.94 bits per heavy atom. The summed E-state index contributed by atoms with van der Waals surface area (Å²) in [4.78, 5) is 12.7. The molecule has 36 heavy (non-hydrogen) atoms. The zero-order valence-corrected chi connectivity index (χ0v) is 21.9. The number of aryl methyl sites for hydroxylation is 2. The van der Waals surface area contributed by atoms with E-state index in [1.807, 2.05) is 26.0 Å². The fourth-order valence-electron chi connectivity index (χ4n) is 6.07. The Hall–Kier alpha value is -2.87. The van der Waals surface area contributed by atoms with Crippen molar-refractivity contribution < 1.29 is 13.9 Å². The van der Waals surface area contributed by atoms with Crippen LogP contribution in [0, 0.1) is 37.4 Å². The Bertz CT molecular complexity index is 1230. The molecule has 8 heteroatoms. The maximum absolute atomic E-state index is 14.1. The number of fused-ring (bicyclic) bond motifs is 2. The molecule has 0 unspecified atom stereocenters. The maximum Gasteiger partial charge on any atom is 0.234 e. The Balaban J connectivity index is 1.32. The number of amides is 1. The third-order valence-corrected chi connectivity index (χ3v) is 8.53. The van der Waals surface area contributed by atoms with Gasteiger partial charge in [-0.25, -0.2) is 4.39 Å². The summed E-state index contributed by atoms with van der Waals surface area (Å²) in [6, 6.07) is 12.6. The molecule has 2 aliphatic carbocycles. The predicted molar refractivity (Wildman–Crippen MR) is 140 cm³/mol. The van der Waals surface area contributed by atoms with Crippen molar-refractivity contribution in [2.45, 2.75) is 64.3 Å². The number of benzene rings is 2. The summed E-state index contributed by atoms with van der Waals surface area (Å²) in [6.07, 6.45) is 5.14. The van der Waals surface area contributed by atoms with Crippen molar-refractivity contribution in [1.82, 2.24) is 14.8 Å². The van der Waals surface area contributed by atoms with E-state index in [9.17, 15) is 9.18 Å². The van der Waals surface area contributed by atoms with E-state index in [0.717, 1.165) is 28.7 Å². The monoisotopic (exact) mass is 508 g/mol. The molecular formula is C28H33FN4O2S. The highest BCUT2D eigenvalue weighted by atomic mass is 32.2. The second-order valence-electron chi connectivity index (χ2n) is 10.3. The molecule has 190 valence electrons. The first-order chi connectivity index (χ1) is 17.4. The predicted octanol–water partition coefficient (Wildman–Crippen LogP) is 6.34. The SMILES string of the molecule is Cc1cc(C)cc(NC(=O)CSc2nnc(COc3ccccc3F)n2[C@H](C)[C@H]2C[C@@H]3CC[C@@H]2C3)c1. The lowest BCUT2D eigenvalue weighted by Gasteiger charge is -2.30. The second-order valence-corrected chi connectivity index (χ2v) is 11.2. The van der Waals surface area contributed by atoms with Crippen LogP contribution in [0.2, 0.25) is 0 Å². The molecule has 2 saturated carbocycles. The third kappa shape index (κ3) is 5.43. The molecule has 0 saturated heterocycles. The van der Waals surface area contributed by atoms with E-state index in [0.29, 0.717) is 16.9 Å². The van der Waals surface area contributed by atoms with Crippen molar-refractivity contribution in [2.75, 3.05) is 11.1 Å². The van der Waals surface area contributed by atoms with E-state index in [-0.39, 0.29) is 30.1 Å². The normalized spacial score (nSPS) is 21.5. The van der Waals surface area contributed by atoms with Crippen molar-refractivity contribution in [3.8, 4) is 5.75 Å². The average Bonchev–Trinajstić information content (AvgIpc) is 3.57. The van der Waals surface area contributed by atoms with Crippen LogP contribution >= 0.6 is 11.8 Å². The van der Waals surface area contributed by atoms with Gasteiger partial charge < -0.3 is 10.1 Å². The van der Waals surface area contributed by atoms with Crippen LogP contribution in [0.15, 0.2) is 47.6 Å². The zero-order valence-electron chi connectivity index (χ0n) is 21.0. The minimum absolute atomic E-state index is 0.0868.